The number of aromatic amines is 1. The molecule has 3 N–H and O–H groups in total. The van der Waals surface area contributed by atoms with Crippen molar-refractivity contribution < 1.29 is 4.90 Å². The van der Waals surface area contributed by atoms with Crippen LogP contribution in [0.3, 0.4) is 0 Å². The van der Waals surface area contributed by atoms with Gasteiger partial charge in [-0.25, -0.2) is 4.98 Å². The average molecular weight is 411 g/mol. The van der Waals surface area contributed by atoms with E-state index in [1.165, 1.54) is 16.0 Å². The molecule has 6 nitrogen and oxygen atoms in total. The van der Waals surface area contributed by atoms with Crippen molar-refractivity contribution in [3.8, 4) is 0 Å². The molecule has 3 aromatic rings. The van der Waals surface area contributed by atoms with Gasteiger partial charge in [-0.3, -0.25) is 4.79 Å². The summed E-state index contributed by atoms with van der Waals surface area (Å²) in [6, 6.07) is 13.5. The zero-order valence-corrected chi connectivity index (χ0v) is 18.2. The van der Waals surface area contributed by atoms with Crippen LogP contribution in [0.15, 0.2) is 47.3 Å². The molecule has 0 amide bonds. The molecule has 0 atom stereocenters. The number of nitrogens with zero attached hydrogens (tertiary/aromatic N) is 2. The summed E-state index contributed by atoms with van der Waals surface area (Å²) in [5.41, 5.74) is 3.94. The maximum absolute atomic E-state index is 12.4. The molecule has 0 unspecified atom stereocenters. The molecule has 0 aliphatic heterocycles. The molecule has 3 rings (SSSR count). The lowest BCUT2D eigenvalue weighted by atomic mass is 10.1. The van der Waals surface area contributed by atoms with E-state index < -0.39 is 0 Å². The predicted octanol–water partition coefficient (Wildman–Crippen LogP) is 1.88. The van der Waals surface area contributed by atoms with Crippen LogP contribution in [0.4, 0.5) is 5.69 Å². The van der Waals surface area contributed by atoms with Crippen LogP contribution < -0.4 is 15.8 Å². The second-order valence-corrected chi connectivity index (χ2v) is 7.97. The van der Waals surface area contributed by atoms with Gasteiger partial charge in [0.15, 0.2) is 5.11 Å². The van der Waals surface area contributed by atoms with Gasteiger partial charge in [-0.2, -0.15) is 0 Å². The fraction of sp³-hybridized carbons (Fsp3) is 0.318. The number of rotatable bonds is 6. The van der Waals surface area contributed by atoms with Crippen molar-refractivity contribution in [2.24, 2.45) is 0 Å². The third-order valence-electron chi connectivity index (χ3n) is 5.02. The molecule has 7 heteroatoms. The van der Waals surface area contributed by atoms with Crippen molar-refractivity contribution in [1.29, 1.82) is 0 Å². The Morgan fingerprint density at radius 1 is 1.17 bits per heavy atom. The highest BCUT2D eigenvalue weighted by atomic mass is 32.1. The van der Waals surface area contributed by atoms with E-state index in [1.54, 1.807) is 6.07 Å². The van der Waals surface area contributed by atoms with Gasteiger partial charge in [0.1, 0.15) is 5.82 Å². The first-order chi connectivity index (χ1) is 13.8. The van der Waals surface area contributed by atoms with Gasteiger partial charge in [-0.05, 0) is 55.4 Å². The van der Waals surface area contributed by atoms with Crippen molar-refractivity contribution in [1.82, 2.24) is 14.9 Å². The number of nitrogens with one attached hydrogen (secondary N) is 3. The SMILES string of the molecule is Cc1cccc(NC(=S)N(CC[NH+](C)C)Cc2nc3ccccc3c(=O)[nH]2)c1C. The Morgan fingerprint density at radius 3 is 2.69 bits per heavy atom. The van der Waals surface area contributed by atoms with Gasteiger partial charge >= 0.3 is 0 Å². The number of benzene rings is 2. The van der Waals surface area contributed by atoms with Crippen molar-refractivity contribution in [3.05, 3.63) is 69.8 Å². The average Bonchev–Trinajstić information content (AvgIpc) is 2.68. The van der Waals surface area contributed by atoms with Crippen LogP contribution in [0.25, 0.3) is 10.9 Å². The molecule has 0 saturated heterocycles. The van der Waals surface area contributed by atoms with Crippen LogP contribution in [-0.4, -0.2) is 47.2 Å². The van der Waals surface area contributed by atoms with Crippen LogP contribution in [0.2, 0.25) is 0 Å². The second-order valence-electron chi connectivity index (χ2n) is 7.59. The molecule has 0 fully saturated rings. The van der Waals surface area contributed by atoms with Gasteiger partial charge in [0, 0.05) is 5.69 Å². The number of H-pyrrole nitrogens is 1. The summed E-state index contributed by atoms with van der Waals surface area (Å²) in [6.07, 6.45) is 0. The Hall–Kier alpha value is -2.77. The predicted molar refractivity (Wildman–Crippen MR) is 123 cm³/mol. The Balaban J connectivity index is 1.86. The molecular formula is C22H28N5OS+. The highest BCUT2D eigenvalue weighted by molar-refractivity contribution is 7.80. The lowest BCUT2D eigenvalue weighted by molar-refractivity contribution is -0.857. The van der Waals surface area contributed by atoms with Crippen molar-refractivity contribution >= 4 is 33.9 Å². The maximum atomic E-state index is 12.4. The molecule has 0 aliphatic carbocycles. The first kappa shape index (κ1) is 21.0. The Bertz CT molecular complexity index is 1080. The minimum Gasteiger partial charge on any atom is -0.338 e. The van der Waals surface area contributed by atoms with E-state index in [-0.39, 0.29) is 5.56 Å². The standard InChI is InChI=1S/C22H27N5OS/c1-15-8-7-11-18(16(15)2)24-22(29)27(13-12-26(3)4)14-20-23-19-10-6-5-9-17(19)21(28)25-20/h5-11H,12-14H2,1-4H3,(H,24,29)(H,23,25,28)/p+1. The molecule has 1 aromatic heterocycles. The fourth-order valence-corrected chi connectivity index (χ4v) is 3.35. The summed E-state index contributed by atoms with van der Waals surface area (Å²) in [5.74, 6) is 0.604. The fourth-order valence-electron chi connectivity index (χ4n) is 3.08. The molecule has 29 heavy (non-hydrogen) atoms. The van der Waals surface area contributed by atoms with Crippen LogP contribution in [0.5, 0.6) is 0 Å². The topological polar surface area (TPSA) is 65.5 Å². The normalized spacial score (nSPS) is 11.1. The van der Waals surface area contributed by atoms with E-state index in [0.717, 1.165) is 18.8 Å². The first-order valence-corrected chi connectivity index (χ1v) is 10.1. The monoisotopic (exact) mass is 410 g/mol. The summed E-state index contributed by atoms with van der Waals surface area (Å²) in [5, 5.41) is 4.59. The molecule has 0 saturated carbocycles. The van der Waals surface area contributed by atoms with Crippen molar-refractivity contribution in [2.45, 2.75) is 20.4 Å². The van der Waals surface area contributed by atoms with Gasteiger partial charge in [-0.15, -0.1) is 0 Å². The smallest absolute Gasteiger partial charge is 0.258 e. The number of aryl methyl sites for hydroxylation is 1. The number of para-hydroxylation sites is 1. The first-order valence-electron chi connectivity index (χ1n) is 9.74. The van der Waals surface area contributed by atoms with Crippen molar-refractivity contribution in [3.63, 3.8) is 0 Å². The highest BCUT2D eigenvalue weighted by Crippen LogP contribution is 2.19. The third-order valence-corrected chi connectivity index (χ3v) is 5.38. The third kappa shape index (κ3) is 5.19. The summed E-state index contributed by atoms with van der Waals surface area (Å²) in [7, 11) is 4.21. The summed E-state index contributed by atoms with van der Waals surface area (Å²) in [6.45, 7) is 6.25. The lowest BCUT2D eigenvalue weighted by Gasteiger charge is -2.26. The number of hydrogen-bond donors (Lipinski definition) is 3. The minimum atomic E-state index is -0.128. The summed E-state index contributed by atoms with van der Waals surface area (Å²) < 4.78 is 0. The quantitative estimate of drug-likeness (QED) is 0.542. The van der Waals surface area contributed by atoms with E-state index in [1.807, 2.05) is 30.3 Å². The largest absolute Gasteiger partial charge is 0.338 e. The molecule has 0 aliphatic rings. The number of likely N-dealkylation sites (N-methyl/N-ethyl adjacent to an activating group) is 1. The maximum Gasteiger partial charge on any atom is 0.258 e. The van der Waals surface area contributed by atoms with Gasteiger partial charge < -0.3 is 20.1 Å². The van der Waals surface area contributed by atoms with E-state index in [4.69, 9.17) is 12.2 Å². The number of anilines is 1. The molecule has 2 aromatic carbocycles. The number of thiocarbonyl (C=S) groups is 1. The second kappa shape index (κ2) is 9.15. The number of hydrogen-bond acceptors (Lipinski definition) is 3. The van der Waals surface area contributed by atoms with Crippen LogP contribution >= 0.6 is 12.2 Å². The van der Waals surface area contributed by atoms with E-state index in [9.17, 15) is 4.79 Å². The van der Waals surface area contributed by atoms with E-state index in [0.29, 0.717) is 28.4 Å². The Kier molecular flexibility index (Phi) is 6.61. The van der Waals surface area contributed by atoms with Gasteiger partial charge in [0.2, 0.25) is 0 Å². The van der Waals surface area contributed by atoms with Gasteiger partial charge in [0.25, 0.3) is 5.56 Å². The zero-order valence-electron chi connectivity index (χ0n) is 17.4. The molecular weight excluding hydrogens is 382 g/mol. The van der Waals surface area contributed by atoms with E-state index >= 15 is 0 Å². The van der Waals surface area contributed by atoms with Crippen LogP contribution in [0.1, 0.15) is 17.0 Å². The Morgan fingerprint density at radius 2 is 1.93 bits per heavy atom. The minimum absolute atomic E-state index is 0.128. The summed E-state index contributed by atoms with van der Waals surface area (Å²) >= 11 is 5.73. The van der Waals surface area contributed by atoms with E-state index in [2.05, 4.69) is 54.2 Å². The molecule has 0 spiro atoms. The van der Waals surface area contributed by atoms with Crippen LogP contribution in [0, 0.1) is 13.8 Å². The van der Waals surface area contributed by atoms with Gasteiger partial charge in [0.05, 0.1) is 44.6 Å². The molecule has 1 heterocycles. The molecule has 152 valence electrons. The van der Waals surface area contributed by atoms with Crippen molar-refractivity contribution in [2.75, 3.05) is 32.5 Å². The summed E-state index contributed by atoms with van der Waals surface area (Å²) in [4.78, 5) is 23.3. The number of aromatic nitrogens is 2. The van der Waals surface area contributed by atoms with Gasteiger partial charge in [-0.1, -0.05) is 24.3 Å². The number of fused-ring (bicyclic) bond motifs is 1. The Labute approximate surface area is 176 Å². The zero-order chi connectivity index (χ0) is 21.0. The lowest BCUT2D eigenvalue weighted by Crippen LogP contribution is -3.06. The highest BCUT2D eigenvalue weighted by Gasteiger charge is 2.15. The molecule has 0 bridgehead atoms. The van der Waals surface area contributed by atoms with Crippen LogP contribution in [-0.2, 0) is 6.54 Å². The molecule has 0 radical (unpaired) electrons. The number of quaternary nitrogens is 1.